The van der Waals surface area contributed by atoms with Gasteiger partial charge in [-0.15, -0.1) is 0 Å². The van der Waals surface area contributed by atoms with Crippen LogP contribution in [0.15, 0.2) is 18.2 Å². The lowest BCUT2D eigenvalue weighted by molar-refractivity contribution is 0.0954. The number of carbonyl (C=O) groups excluding carboxylic acids is 1. The van der Waals surface area contributed by atoms with Crippen LogP contribution in [-0.4, -0.2) is 40.8 Å². The van der Waals surface area contributed by atoms with Crippen LogP contribution in [0.3, 0.4) is 0 Å². The fourth-order valence-electron chi connectivity index (χ4n) is 2.41. The van der Waals surface area contributed by atoms with Crippen molar-refractivity contribution >= 4 is 40.7 Å². The molecule has 0 saturated carbocycles. The normalized spacial score (nSPS) is 23.8. The topological polar surface area (TPSA) is 20.3 Å². The molecule has 2 rings (SSSR count). The number of thioether (sulfide) groups is 1. The molecule has 2 unspecified atom stereocenters. The lowest BCUT2D eigenvalue weighted by atomic mass is 10.1. The first-order chi connectivity index (χ1) is 9.50. The molecule has 1 aliphatic heterocycles. The van der Waals surface area contributed by atoms with Crippen LogP contribution in [0.4, 0.5) is 0 Å². The molecule has 0 aliphatic carbocycles. The minimum absolute atomic E-state index is 0.0654. The molecule has 0 amide bonds. The molecule has 2 atom stereocenters. The molecule has 1 aromatic rings. The zero-order valence-electron chi connectivity index (χ0n) is 11.7. The van der Waals surface area contributed by atoms with E-state index in [1.807, 2.05) is 11.8 Å². The summed E-state index contributed by atoms with van der Waals surface area (Å²) in [5.41, 5.74) is 0.534. The van der Waals surface area contributed by atoms with Crippen molar-refractivity contribution in [1.29, 1.82) is 0 Å². The molecule has 0 N–H and O–H groups in total. The molecular formula is C15H19Cl2NOS. The van der Waals surface area contributed by atoms with Gasteiger partial charge in [-0.2, -0.15) is 11.8 Å². The first-order valence-corrected chi connectivity index (χ1v) is 8.64. The van der Waals surface area contributed by atoms with Gasteiger partial charge in [0.1, 0.15) is 0 Å². The number of halogens is 2. The fourth-order valence-corrected chi connectivity index (χ4v) is 3.98. The second-order valence-electron chi connectivity index (χ2n) is 5.13. The first kappa shape index (κ1) is 16.2. The Morgan fingerprint density at radius 2 is 2.15 bits per heavy atom. The highest BCUT2D eigenvalue weighted by Crippen LogP contribution is 2.27. The minimum atomic E-state index is 0.0654. The van der Waals surface area contributed by atoms with E-state index in [1.54, 1.807) is 18.2 Å². The van der Waals surface area contributed by atoms with E-state index >= 15 is 0 Å². The number of rotatable bonds is 4. The molecule has 0 spiro atoms. The summed E-state index contributed by atoms with van der Waals surface area (Å²) in [6, 6.07) is 5.72. The van der Waals surface area contributed by atoms with Crippen LogP contribution in [0, 0.1) is 0 Å². The van der Waals surface area contributed by atoms with Crippen molar-refractivity contribution in [3.05, 3.63) is 33.8 Å². The van der Waals surface area contributed by atoms with Gasteiger partial charge in [0.15, 0.2) is 5.78 Å². The molecule has 2 nitrogen and oxygen atoms in total. The van der Waals surface area contributed by atoms with Gasteiger partial charge < -0.3 is 0 Å². The molecule has 20 heavy (non-hydrogen) atoms. The summed E-state index contributed by atoms with van der Waals surface area (Å²) in [4.78, 5) is 14.7. The van der Waals surface area contributed by atoms with Crippen molar-refractivity contribution in [3.8, 4) is 0 Å². The zero-order valence-corrected chi connectivity index (χ0v) is 14.1. The summed E-state index contributed by atoms with van der Waals surface area (Å²) in [6.07, 6.45) is 0.488. The van der Waals surface area contributed by atoms with Crippen LogP contribution in [0.25, 0.3) is 0 Å². The van der Waals surface area contributed by atoms with Crippen molar-refractivity contribution in [3.63, 3.8) is 0 Å². The van der Waals surface area contributed by atoms with Crippen molar-refractivity contribution in [2.45, 2.75) is 31.6 Å². The Bertz CT molecular complexity index is 495. The van der Waals surface area contributed by atoms with Gasteiger partial charge in [0.25, 0.3) is 0 Å². The van der Waals surface area contributed by atoms with E-state index in [0.29, 0.717) is 33.3 Å². The summed E-state index contributed by atoms with van der Waals surface area (Å²) in [5, 5.41) is 1.43. The number of ketones is 1. The van der Waals surface area contributed by atoms with Gasteiger partial charge in [0.2, 0.25) is 0 Å². The minimum Gasteiger partial charge on any atom is -0.298 e. The predicted molar refractivity (Wildman–Crippen MR) is 88.4 cm³/mol. The monoisotopic (exact) mass is 331 g/mol. The van der Waals surface area contributed by atoms with Gasteiger partial charge >= 0.3 is 0 Å². The summed E-state index contributed by atoms with van der Waals surface area (Å²) >= 11 is 14.0. The fraction of sp³-hybridized carbons (Fsp3) is 0.533. The summed E-state index contributed by atoms with van der Waals surface area (Å²) in [6.45, 7) is 6.31. The third kappa shape index (κ3) is 3.70. The Morgan fingerprint density at radius 1 is 1.40 bits per heavy atom. The van der Waals surface area contributed by atoms with E-state index < -0.39 is 0 Å². The molecule has 1 fully saturated rings. The van der Waals surface area contributed by atoms with Crippen LogP contribution < -0.4 is 0 Å². The molecule has 1 saturated heterocycles. The molecule has 0 bridgehead atoms. The second kappa shape index (κ2) is 7.17. The average molecular weight is 332 g/mol. The number of hydrogen-bond donors (Lipinski definition) is 0. The van der Waals surface area contributed by atoms with Crippen LogP contribution in [0.5, 0.6) is 0 Å². The predicted octanol–water partition coefficient (Wildman–Crippen LogP) is 4.39. The largest absolute Gasteiger partial charge is 0.298 e. The number of Topliss-reactive ketones (excluding diaryl/α,β-unsaturated/α-hetero) is 1. The molecule has 1 aromatic carbocycles. The third-order valence-corrected chi connectivity index (χ3v) is 6.05. The standard InChI is InChI=1S/C15H19Cl2NOS/c1-10-11(2)20-9-8-18(10)7-6-14(19)12-4-3-5-13(16)15(12)17/h3-5,10-11H,6-9H2,1-2H3. The first-order valence-electron chi connectivity index (χ1n) is 6.83. The Morgan fingerprint density at radius 3 is 2.90 bits per heavy atom. The lowest BCUT2D eigenvalue weighted by Gasteiger charge is -2.37. The highest BCUT2D eigenvalue weighted by Gasteiger charge is 2.25. The lowest BCUT2D eigenvalue weighted by Crippen LogP contribution is -2.45. The van der Waals surface area contributed by atoms with E-state index in [0.717, 1.165) is 18.8 Å². The van der Waals surface area contributed by atoms with E-state index in [9.17, 15) is 4.79 Å². The number of carbonyl (C=O) groups is 1. The quantitative estimate of drug-likeness (QED) is 0.763. The van der Waals surface area contributed by atoms with Crippen LogP contribution in [0.1, 0.15) is 30.6 Å². The van der Waals surface area contributed by atoms with Crippen molar-refractivity contribution in [2.75, 3.05) is 18.8 Å². The van der Waals surface area contributed by atoms with Crippen molar-refractivity contribution in [1.82, 2.24) is 4.90 Å². The molecular weight excluding hydrogens is 313 g/mol. The Hall–Kier alpha value is -0.220. The van der Waals surface area contributed by atoms with Crippen molar-refractivity contribution < 1.29 is 4.79 Å². The Labute approximate surface area is 134 Å². The second-order valence-corrected chi connectivity index (χ2v) is 7.40. The maximum absolute atomic E-state index is 12.3. The van der Waals surface area contributed by atoms with Gasteiger partial charge in [-0.1, -0.05) is 36.2 Å². The van der Waals surface area contributed by atoms with Crippen LogP contribution >= 0.6 is 35.0 Å². The third-order valence-electron chi connectivity index (χ3n) is 3.89. The van der Waals surface area contributed by atoms with E-state index in [2.05, 4.69) is 18.7 Å². The Balaban J connectivity index is 1.97. The van der Waals surface area contributed by atoms with E-state index in [1.165, 1.54) is 0 Å². The molecule has 1 heterocycles. The average Bonchev–Trinajstić information content (AvgIpc) is 2.43. The van der Waals surface area contributed by atoms with Gasteiger partial charge in [-0.25, -0.2) is 0 Å². The van der Waals surface area contributed by atoms with Crippen LogP contribution in [0.2, 0.25) is 10.0 Å². The highest BCUT2D eigenvalue weighted by atomic mass is 35.5. The maximum Gasteiger partial charge on any atom is 0.165 e. The summed E-state index contributed by atoms with van der Waals surface area (Å²) < 4.78 is 0. The van der Waals surface area contributed by atoms with E-state index in [-0.39, 0.29) is 5.78 Å². The van der Waals surface area contributed by atoms with E-state index in [4.69, 9.17) is 23.2 Å². The highest BCUT2D eigenvalue weighted by molar-refractivity contribution is 8.00. The molecule has 1 aliphatic rings. The number of hydrogen-bond acceptors (Lipinski definition) is 3. The maximum atomic E-state index is 12.3. The van der Waals surface area contributed by atoms with Gasteiger partial charge in [0.05, 0.1) is 10.0 Å². The van der Waals surface area contributed by atoms with Gasteiger partial charge in [-0.05, 0) is 19.1 Å². The number of benzene rings is 1. The molecule has 0 radical (unpaired) electrons. The molecule has 110 valence electrons. The smallest absolute Gasteiger partial charge is 0.165 e. The molecule has 5 heteroatoms. The number of nitrogens with zero attached hydrogens (tertiary/aromatic N) is 1. The van der Waals surface area contributed by atoms with Gasteiger partial charge in [0, 0.05) is 42.1 Å². The van der Waals surface area contributed by atoms with Crippen LogP contribution in [-0.2, 0) is 0 Å². The summed E-state index contributed by atoms with van der Waals surface area (Å²) in [7, 11) is 0. The Kier molecular flexibility index (Phi) is 5.79. The summed E-state index contributed by atoms with van der Waals surface area (Å²) in [5.74, 6) is 1.20. The van der Waals surface area contributed by atoms with Gasteiger partial charge in [-0.3, -0.25) is 9.69 Å². The SMILES string of the molecule is CC1SCCN(CCC(=O)c2cccc(Cl)c2Cl)C1C. The zero-order chi connectivity index (χ0) is 14.7. The molecule has 0 aromatic heterocycles. The van der Waals surface area contributed by atoms with Crippen molar-refractivity contribution in [2.24, 2.45) is 0 Å².